The van der Waals surface area contributed by atoms with E-state index in [0.29, 0.717) is 11.8 Å². The Kier molecular flexibility index (Phi) is 10.1. The third kappa shape index (κ3) is 7.56. The quantitative estimate of drug-likeness (QED) is 0.218. The lowest BCUT2D eigenvalue weighted by molar-refractivity contribution is 0.573. The molecule has 1 aliphatic rings. The van der Waals surface area contributed by atoms with Gasteiger partial charge in [-0.2, -0.15) is 0 Å². The minimum Gasteiger partial charge on any atom is -0.0998 e. The predicted molar refractivity (Wildman–Crippen MR) is 164 cm³/mol. The Bertz CT molecular complexity index is 1280. The van der Waals surface area contributed by atoms with Gasteiger partial charge in [-0.05, 0) is 98.8 Å². The van der Waals surface area contributed by atoms with Gasteiger partial charge in [0, 0.05) is 5.92 Å². The standard InChI is InChI=1S/C21H28.C16H16/c1-7-8-9-20(17(4)5)12-13-21-11-10-19(14-16(2)3)15-18(21)6;1-11-8-9-14-15(10-11)12(2)16(14)13-6-4-3-5-7-13/h7-11,15H,1-2,12-14H2,3-6H3;3-10,12,16H,1-2H3/b9-8-;. The van der Waals surface area contributed by atoms with Crippen LogP contribution in [0, 0.1) is 13.8 Å². The van der Waals surface area contributed by atoms with Crippen LogP contribution in [0.5, 0.6) is 0 Å². The van der Waals surface area contributed by atoms with Crippen molar-refractivity contribution < 1.29 is 0 Å². The van der Waals surface area contributed by atoms with Crippen LogP contribution in [-0.2, 0) is 12.8 Å². The lowest BCUT2D eigenvalue weighted by Crippen LogP contribution is -2.23. The van der Waals surface area contributed by atoms with Crippen molar-refractivity contribution in [3.8, 4) is 0 Å². The summed E-state index contributed by atoms with van der Waals surface area (Å²) >= 11 is 0. The van der Waals surface area contributed by atoms with Gasteiger partial charge in [0.25, 0.3) is 0 Å². The van der Waals surface area contributed by atoms with Crippen molar-refractivity contribution in [2.45, 2.75) is 72.6 Å². The Morgan fingerprint density at radius 3 is 2.24 bits per heavy atom. The molecule has 0 amide bonds. The number of aryl methyl sites for hydroxylation is 3. The average molecular weight is 489 g/mol. The van der Waals surface area contributed by atoms with E-state index in [4.69, 9.17) is 0 Å². The van der Waals surface area contributed by atoms with Crippen LogP contribution in [0.4, 0.5) is 0 Å². The highest BCUT2D eigenvalue weighted by Gasteiger charge is 2.34. The van der Waals surface area contributed by atoms with Gasteiger partial charge in [-0.25, -0.2) is 0 Å². The highest BCUT2D eigenvalue weighted by Crippen LogP contribution is 2.50. The minimum absolute atomic E-state index is 0.608. The first kappa shape index (κ1) is 28.2. The van der Waals surface area contributed by atoms with Crippen LogP contribution in [0.25, 0.3) is 0 Å². The molecule has 0 aromatic heterocycles. The topological polar surface area (TPSA) is 0 Å². The molecule has 2 unspecified atom stereocenters. The van der Waals surface area contributed by atoms with Crippen LogP contribution in [0.1, 0.15) is 84.9 Å². The van der Waals surface area contributed by atoms with Crippen molar-refractivity contribution in [1.29, 1.82) is 0 Å². The third-order valence-corrected chi connectivity index (χ3v) is 7.38. The molecule has 0 heterocycles. The molecule has 0 nitrogen and oxygen atoms in total. The highest BCUT2D eigenvalue weighted by molar-refractivity contribution is 5.52. The van der Waals surface area contributed by atoms with Gasteiger partial charge in [0.15, 0.2) is 0 Å². The van der Waals surface area contributed by atoms with E-state index in [1.54, 1.807) is 0 Å². The Morgan fingerprint density at radius 2 is 1.62 bits per heavy atom. The van der Waals surface area contributed by atoms with Crippen LogP contribution < -0.4 is 0 Å². The molecule has 0 fully saturated rings. The van der Waals surface area contributed by atoms with Gasteiger partial charge < -0.3 is 0 Å². The Hall–Kier alpha value is -3.38. The van der Waals surface area contributed by atoms with Crippen LogP contribution in [-0.4, -0.2) is 0 Å². The summed E-state index contributed by atoms with van der Waals surface area (Å²) in [4.78, 5) is 0. The van der Waals surface area contributed by atoms with Crippen molar-refractivity contribution in [2.75, 3.05) is 0 Å². The molecule has 3 aromatic rings. The van der Waals surface area contributed by atoms with E-state index in [1.165, 1.54) is 55.7 Å². The fourth-order valence-electron chi connectivity index (χ4n) is 5.30. The van der Waals surface area contributed by atoms with Crippen molar-refractivity contribution in [2.24, 2.45) is 0 Å². The van der Waals surface area contributed by atoms with Gasteiger partial charge in [0.05, 0.1) is 0 Å². The summed E-state index contributed by atoms with van der Waals surface area (Å²) in [7, 11) is 0. The molecule has 0 spiro atoms. The maximum atomic E-state index is 3.99. The molecule has 0 N–H and O–H groups in total. The molecule has 2 atom stereocenters. The van der Waals surface area contributed by atoms with E-state index < -0.39 is 0 Å². The summed E-state index contributed by atoms with van der Waals surface area (Å²) in [6.07, 6.45) is 9.16. The number of allylic oxidation sites excluding steroid dienone is 6. The van der Waals surface area contributed by atoms with Crippen molar-refractivity contribution >= 4 is 0 Å². The summed E-state index contributed by atoms with van der Waals surface area (Å²) in [5.41, 5.74) is 14.0. The smallest absolute Gasteiger partial charge is 0.0158 e. The normalized spacial score (nSPS) is 15.7. The fourth-order valence-corrected chi connectivity index (χ4v) is 5.30. The molecular formula is C37H44. The van der Waals surface area contributed by atoms with Gasteiger partial charge in [0.2, 0.25) is 0 Å². The van der Waals surface area contributed by atoms with E-state index in [1.807, 2.05) is 12.2 Å². The van der Waals surface area contributed by atoms with Gasteiger partial charge in [0.1, 0.15) is 0 Å². The van der Waals surface area contributed by atoms with E-state index in [-0.39, 0.29) is 0 Å². The van der Waals surface area contributed by atoms with Gasteiger partial charge in [-0.15, -0.1) is 0 Å². The molecule has 1 aliphatic carbocycles. The summed E-state index contributed by atoms with van der Waals surface area (Å²) in [6.45, 7) is 20.9. The van der Waals surface area contributed by atoms with E-state index in [2.05, 4.69) is 128 Å². The molecule has 192 valence electrons. The maximum Gasteiger partial charge on any atom is 0.0158 e. The first-order chi connectivity index (χ1) is 17.7. The van der Waals surface area contributed by atoms with Crippen molar-refractivity contribution in [3.05, 3.63) is 154 Å². The zero-order valence-corrected chi connectivity index (χ0v) is 23.8. The zero-order valence-electron chi connectivity index (χ0n) is 23.8. The SMILES string of the molecule is C=C/C=C\C(CCc1ccc(CC(=C)C)cc1C)=C(C)C.Cc1ccc2c(c1)C(C)C2c1ccccc1. The molecule has 0 aliphatic heterocycles. The lowest BCUT2D eigenvalue weighted by Gasteiger charge is -2.38. The second-order valence-corrected chi connectivity index (χ2v) is 10.8. The molecule has 0 radical (unpaired) electrons. The molecule has 0 heteroatoms. The van der Waals surface area contributed by atoms with E-state index in [0.717, 1.165) is 19.3 Å². The van der Waals surface area contributed by atoms with Crippen LogP contribution in [0.15, 0.2) is 115 Å². The first-order valence-electron chi connectivity index (χ1n) is 13.5. The molecule has 0 saturated carbocycles. The molecule has 3 aromatic carbocycles. The van der Waals surface area contributed by atoms with E-state index in [9.17, 15) is 0 Å². The van der Waals surface area contributed by atoms with Gasteiger partial charge >= 0.3 is 0 Å². The lowest BCUT2D eigenvalue weighted by atomic mass is 9.65. The number of hydrogen-bond donors (Lipinski definition) is 0. The van der Waals surface area contributed by atoms with E-state index >= 15 is 0 Å². The monoisotopic (exact) mass is 488 g/mol. The molecular weight excluding hydrogens is 444 g/mol. The van der Waals surface area contributed by atoms with Crippen LogP contribution in [0.3, 0.4) is 0 Å². The van der Waals surface area contributed by atoms with Crippen LogP contribution >= 0.6 is 0 Å². The third-order valence-electron chi connectivity index (χ3n) is 7.38. The molecule has 4 rings (SSSR count). The maximum absolute atomic E-state index is 3.99. The molecule has 37 heavy (non-hydrogen) atoms. The summed E-state index contributed by atoms with van der Waals surface area (Å²) < 4.78 is 0. The number of hydrogen-bond acceptors (Lipinski definition) is 0. The average Bonchev–Trinajstić information content (AvgIpc) is 2.86. The largest absolute Gasteiger partial charge is 0.0998 e. The zero-order chi connectivity index (χ0) is 26.9. The number of rotatable bonds is 8. The second-order valence-electron chi connectivity index (χ2n) is 10.8. The summed E-state index contributed by atoms with van der Waals surface area (Å²) in [5.74, 6) is 1.27. The predicted octanol–water partition coefficient (Wildman–Crippen LogP) is 10.4. The first-order valence-corrected chi connectivity index (χ1v) is 13.5. The summed E-state index contributed by atoms with van der Waals surface area (Å²) in [6, 6.07) is 24.5. The Labute approximate surface area is 226 Å². The van der Waals surface area contributed by atoms with Crippen molar-refractivity contribution in [3.63, 3.8) is 0 Å². The molecule has 0 saturated heterocycles. The number of benzene rings is 3. The van der Waals surface area contributed by atoms with Gasteiger partial charge in [-0.3, -0.25) is 0 Å². The molecule has 0 bridgehead atoms. The second kappa shape index (κ2) is 13.2. The van der Waals surface area contributed by atoms with Crippen molar-refractivity contribution in [1.82, 2.24) is 0 Å². The fraction of sp³-hybridized carbons (Fsp3) is 0.297. The summed E-state index contributed by atoms with van der Waals surface area (Å²) in [5, 5.41) is 0. The Balaban J connectivity index is 0.000000212. The number of fused-ring (bicyclic) bond motifs is 1. The van der Waals surface area contributed by atoms with Crippen LogP contribution in [0.2, 0.25) is 0 Å². The van der Waals surface area contributed by atoms with Gasteiger partial charge in [-0.1, -0.05) is 122 Å². The Morgan fingerprint density at radius 1 is 0.892 bits per heavy atom. The highest BCUT2D eigenvalue weighted by atomic mass is 14.4. The minimum atomic E-state index is 0.608.